The normalized spacial score (nSPS) is 11.5. The Labute approximate surface area is 212 Å². The van der Waals surface area contributed by atoms with Gasteiger partial charge in [0.1, 0.15) is 17.4 Å². The average molecular weight is 535 g/mol. The summed E-state index contributed by atoms with van der Waals surface area (Å²) in [6, 6.07) is 15.1. The summed E-state index contributed by atoms with van der Waals surface area (Å²) in [6.45, 7) is 1.57. The van der Waals surface area contributed by atoms with E-state index in [0.29, 0.717) is 21.0 Å². The Hall–Kier alpha value is -3.25. The second-order valence-electron chi connectivity index (χ2n) is 7.72. The van der Waals surface area contributed by atoms with Gasteiger partial charge < -0.3 is 9.67 Å². The Balaban J connectivity index is 1.93. The van der Waals surface area contributed by atoms with Crippen molar-refractivity contribution in [3.8, 4) is 32.8 Å². The van der Waals surface area contributed by atoms with Crippen molar-refractivity contribution < 1.29 is 18.3 Å². The number of rotatable bonds is 4. The van der Waals surface area contributed by atoms with Crippen molar-refractivity contribution in [3.63, 3.8) is 0 Å². The first kappa shape index (κ1) is 24.9. The molecule has 2 aromatic heterocycles. The predicted octanol–water partition coefficient (Wildman–Crippen LogP) is 7.50. The van der Waals surface area contributed by atoms with Crippen molar-refractivity contribution in [1.29, 1.82) is 5.26 Å². The number of halogens is 5. The Morgan fingerprint density at radius 1 is 1.06 bits per heavy atom. The molecule has 4 aromatic rings. The number of nitriles is 1. The first-order valence-electron chi connectivity index (χ1n) is 10.1. The van der Waals surface area contributed by atoms with Crippen molar-refractivity contribution >= 4 is 34.5 Å². The summed E-state index contributed by atoms with van der Waals surface area (Å²) in [5.41, 5.74) is -1.50. The van der Waals surface area contributed by atoms with Crippen LogP contribution in [0, 0.1) is 18.3 Å². The van der Waals surface area contributed by atoms with Crippen LogP contribution in [0.4, 0.5) is 13.2 Å². The molecule has 2 aromatic carbocycles. The van der Waals surface area contributed by atoms with Crippen LogP contribution in [0.2, 0.25) is 10.0 Å². The SMILES string of the molecule is Cc1cc(-c2ccc(-c3cc(C(F)(F)F)c(C#N)c(=O)n3Cc3ccc(Cl)cc3Cl)s2)ccc1O. The lowest BCUT2D eigenvalue weighted by Crippen LogP contribution is -2.28. The molecule has 35 heavy (non-hydrogen) atoms. The first-order chi connectivity index (χ1) is 16.5. The van der Waals surface area contributed by atoms with Gasteiger partial charge in [-0.1, -0.05) is 29.3 Å². The highest BCUT2D eigenvalue weighted by Gasteiger charge is 2.36. The molecule has 0 unspecified atom stereocenters. The van der Waals surface area contributed by atoms with Crippen LogP contribution < -0.4 is 5.56 Å². The Bertz CT molecular complexity index is 1550. The second kappa shape index (κ2) is 9.42. The Kier molecular flexibility index (Phi) is 6.69. The second-order valence-corrected chi connectivity index (χ2v) is 9.65. The largest absolute Gasteiger partial charge is 0.508 e. The van der Waals surface area contributed by atoms with Gasteiger partial charge in [0, 0.05) is 14.9 Å². The minimum Gasteiger partial charge on any atom is -0.508 e. The van der Waals surface area contributed by atoms with E-state index in [0.717, 1.165) is 21.1 Å². The number of phenolic OH excluding ortho intramolecular Hbond substituents is 1. The molecule has 0 saturated heterocycles. The molecule has 0 bridgehead atoms. The number of benzene rings is 2. The van der Waals surface area contributed by atoms with Crippen LogP contribution in [0.25, 0.3) is 21.0 Å². The minimum atomic E-state index is -4.90. The molecule has 0 amide bonds. The molecule has 0 fully saturated rings. The highest BCUT2D eigenvalue weighted by atomic mass is 35.5. The maximum absolute atomic E-state index is 13.8. The van der Waals surface area contributed by atoms with E-state index in [2.05, 4.69) is 0 Å². The van der Waals surface area contributed by atoms with Gasteiger partial charge in [0.25, 0.3) is 5.56 Å². The predicted molar refractivity (Wildman–Crippen MR) is 131 cm³/mol. The summed E-state index contributed by atoms with van der Waals surface area (Å²) in [4.78, 5) is 14.3. The molecule has 0 aliphatic rings. The number of aromatic nitrogens is 1. The van der Waals surface area contributed by atoms with E-state index in [-0.39, 0.29) is 23.0 Å². The number of aryl methyl sites for hydroxylation is 1. The van der Waals surface area contributed by atoms with Crippen LogP contribution >= 0.6 is 34.5 Å². The zero-order valence-corrected chi connectivity index (χ0v) is 20.3. The van der Waals surface area contributed by atoms with Crippen molar-refractivity contribution in [2.24, 2.45) is 0 Å². The number of thiophene rings is 1. The van der Waals surface area contributed by atoms with E-state index >= 15 is 0 Å². The van der Waals surface area contributed by atoms with Crippen LogP contribution in [0.3, 0.4) is 0 Å². The summed E-state index contributed by atoms with van der Waals surface area (Å²) < 4.78 is 42.4. The van der Waals surface area contributed by atoms with Crippen LogP contribution in [-0.2, 0) is 12.7 Å². The molecular formula is C25H15Cl2F3N2O2S. The van der Waals surface area contributed by atoms with E-state index in [4.69, 9.17) is 23.2 Å². The molecule has 0 saturated carbocycles. The molecule has 1 N–H and O–H groups in total. The quantitative estimate of drug-likeness (QED) is 0.294. The van der Waals surface area contributed by atoms with Gasteiger partial charge in [0.05, 0.1) is 22.7 Å². The molecule has 0 radical (unpaired) electrons. The first-order valence-corrected chi connectivity index (χ1v) is 11.7. The molecule has 4 nitrogen and oxygen atoms in total. The smallest absolute Gasteiger partial charge is 0.417 e. The molecule has 0 aliphatic heterocycles. The third-order valence-corrected chi connectivity index (χ3v) is 7.14. The van der Waals surface area contributed by atoms with Gasteiger partial charge in [-0.3, -0.25) is 4.79 Å². The van der Waals surface area contributed by atoms with Gasteiger partial charge in [-0.15, -0.1) is 11.3 Å². The maximum atomic E-state index is 13.8. The van der Waals surface area contributed by atoms with Gasteiger partial charge in [0.2, 0.25) is 0 Å². The number of pyridine rings is 1. The lowest BCUT2D eigenvalue weighted by molar-refractivity contribution is -0.137. The number of hydrogen-bond donors (Lipinski definition) is 1. The van der Waals surface area contributed by atoms with E-state index < -0.39 is 22.9 Å². The maximum Gasteiger partial charge on any atom is 0.417 e. The Morgan fingerprint density at radius 3 is 2.40 bits per heavy atom. The standard InChI is InChI=1S/C25H15Cl2F3N2O2S/c1-13-8-14(3-5-21(13)33)22-6-7-23(35-22)20-10-18(25(28,29)30)17(11-31)24(34)32(20)12-15-2-4-16(26)9-19(15)27/h2-10,33H,12H2,1H3. The van der Waals surface area contributed by atoms with Gasteiger partial charge >= 0.3 is 6.18 Å². The van der Waals surface area contributed by atoms with Gasteiger partial charge in [0.15, 0.2) is 0 Å². The highest BCUT2D eigenvalue weighted by molar-refractivity contribution is 7.18. The monoisotopic (exact) mass is 534 g/mol. The van der Waals surface area contributed by atoms with Crippen molar-refractivity contribution in [3.05, 3.63) is 97.3 Å². The molecule has 0 atom stereocenters. The minimum absolute atomic E-state index is 0.000841. The van der Waals surface area contributed by atoms with Crippen molar-refractivity contribution in [1.82, 2.24) is 4.57 Å². The summed E-state index contributed by atoms with van der Waals surface area (Å²) in [5, 5.41) is 19.8. The van der Waals surface area contributed by atoms with E-state index in [1.165, 1.54) is 29.5 Å². The number of hydrogen-bond acceptors (Lipinski definition) is 4. The Morgan fingerprint density at radius 2 is 1.77 bits per heavy atom. The molecule has 4 rings (SSSR count). The van der Waals surface area contributed by atoms with E-state index in [1.54, 1.807) is 43.3 Å². The van der Waals surface area contributed by atoms with Crippen LogP contribution in [0.15, 0.2) is 59.4 Å². The fourth-order valence-corrected chi connectivity index (χ4v) is 5.09. The lowest BCUT2D eigenvalue weighted by atomic mass is 10.1. The van der Waals surface area contributed by atoms with E-state index in [9.17, 15) is 28.3 Å². The summed E-state index contributed by atoms with van der Waals surface area (Å²) >= 11 is 13.4. The molecular weight excluding hydrogens is 520 g/mol. The zero-order chi connectivity index (χ0) is 25.5. The number of aromatic hydroxyl groups is 1. The fraction of sp³-hybridized carbons (Fsp3) is 0.120. The highest BCUT2D eigenvalue weighted by Crippen LogP contribution is 2.39. The van der Waals surface area contributed by atoms with E-state index in [1.807, 2.05) is 0 Å². The third kappa shape index (κ3) is 4.94. The van der Waals surface area contributed by atoms with Gasteiger partial charge in [-0.2, -0.15) is 18.4 Å². The fourth-order valence-electron chi connectivity index (χ4n) is 3.60. The van der Waals surface area contributed by atoms with Crippen LogP contribution in [0.5, 0.6) is 5.75 Å². The van der Waals surface area contributed by atoms with Crippen LogP contribution in [0.1, 0.15) is 22.3 Å². The summed E-state index contributed by atoms with van der Waals surface area (Å²) in [6.07, 6.45) is -4.90. The zero-order valence-electron chi connectivity index (χ0n) is 18.0. The topological polar surface area (TPSA) is 66.0 Å². The van der Waals surface area contributed by atoms with Crippen LogP contribution in [-0.4, -0.2) is 9.67 Å². The summed E-state index contributed by atoms with van der Waals surface area (Å²) in [5.74, 6) is 0.126. The number of phenols is 1. The number of nitrogens with zero attached hydrogens (tertiary/aromatic N) is 2. The summed E-state index contributed by atoms with van der Waals surface area (Å²) in [7, 11) is 0. The molecule has 0 aliphatic carbocycles. The van der Waals surface area contributed by atoms with Crippen molar-refractivity contribution in [2.75, 3.05) is 0 Å². The molecule has 0 spiro atoms. The lowest BCUT2D eigenvalue weighted by Gasteiger charge is -2.17. The van der Waals surface area contributed by atoms with Gasteiger partial charge in [-0.05, 0) is 72.1 Å². The number of alkyl halides is 3. The van der Waals surface area contributed by atoms with Crippen molar-refractivity contribution in [2.45, 2.75) is 19.6 Å². The molecule has 10 heteroatoms. The average Bonchev–Trinajstić information content (AvgIpc) is 3.27. The molecule has 2 heterocycles. The van der Waals surface area contributed by atoms with Gasteiger partial charge in [-0.25, -0.2) is 0 Å². The molecule has 178 valence electrons. The third-order valence-electron chi connectivity index (χ3n) is 5.40.